The lowest BCUT2D eigenvalue weighted by atomic mass is 9.47. The van der Waals surface area contributed by atoms with Gasteiger partial charge >= 0.3 is 5.97 Å². The number of carbonyl (C=O) groups excluding carboxylic acids is 1. The summed E-state index contributed by atoms with van der Waals surface area (Å²) in [6.45, 7) is 12.2. The Labute approximate surface area is 221 Å². The van der Waals surface area contributed by atoms with E-state index in [4.69, 9.17) is 4.74 Å². The number of hydrogen-bond donors (Lipinski definition) is 0. The van der Waals surface area contributed by atoms with Gasteiger partial charge in [-0.05, 0) is 68.1 Å². The van der Waals surface area contributed by atoms with E-state index in [-0.39, 0.29) is 17.5 Å². The lowest BCUT2D eigenvalue weighted by molar-refractivity contribution is -0.940. The summed E-state index contributed by atoms with van der Waals surface area (Å²) in [5.74, 6) is 2.22. The Kier molecular flexibility index (Phi) is 6.23. The summed E-state index contributed by atoms with van der Waals surface area (Å²) in [6, 6.07) is 1.33. The van der Waals surface area contributed by atoms with Gasteiger partial charge in [-0.2, -0.15) is 0 Å². The van der Waals surface area contributed by atoms with E-state index in [2.05, 4.69) is 34.0 Å². The Balaban J connectivity index is 1.29. The molecule has 0 aromatic heterocycles. The Morgan fingerprint density at radius 2 is 1.58 bits per heavy atom. The minimum absolute atomic E-state index is 0.0627. The topological polar surface area (TPSA) is 26.3 Å². The third-order valence-electron chi connectivity index (χ3n) is 13.4. The number of nitrogens with zero attached hydrogens (tertiary/aromatic N) is 2. The SMILES string of the molecule is CC(=O)O[C@H]1[C@@H]([N+]2(C)CCCCC2)CC2C3CC=C4C[C@@H]([N+]5(C)CCCC5)CC[C@]4(C)C3CC[C@@]21C. The molecule has 0 spiro atoms. The van der Waals surface area contributed by atoms with E-state index < -0.39 is 0 Å². The highest BCUT2D eigenvalue weighted by Gasteiger charge is 2.66. The first kappa shape index (κ1) is 25.4. The van der Waals surface area contributed by atoms with Crippen molar-refractivity contribution in [3.05, 3.63) is 11.6 Å². The zero-order valence-corrected chi connectivity index (χ0v) is 24.1. The Morgan fingerprint density at radius 3 is 2.28 bits per heavy atom. The van der Waals surface area contributed by atoms with Gasteiger partial charge in [-0.1, -0.05) is 25.5 Å². The first-order valence-electron chi connectivity index (χ1n) is 15.6. The quantitative estimate of drug-likeness (QED) is 0.267. The molecule has 8 atom stereocenters. The zero-order valence-electron chi connectivity index (χ0n) is 24.1. The van der Waals surface area contributed by atoms with E-state index in [0.29, 0.717) is 17.4 Å². The fraction of sp³-hybridized carbons (Fsp3) is 0.906. The van der Waals surface area contributed by atoms with E-state index >= 15 is 0 Å². The monoisotopic (exact) mass is 498 g/mol. The number of fused-ring (bicyclic) bond motifs is 5. The molecule has 0 N–H and O–H groups in total. The highest BCUT2D eigenvalue weighted by atomic mass is 16.5. The molecule has 2 aliphatic heterocycles. The third kappa shape index (κ3) is 3.78. The Morgan fingerprint density at radius 1 is 0.917 bits per heavy atom. The predicted molar refractivity (Wildman–Crippen MR) is 145 cm³/mol. The van der Waals surface area contributed by atoms with E-state index in [0.717, 1.165) is 22.4 Å². The fourth-order valence-electron chi connectivity index (χ4n) is 11.1. The van der Waals surface area contributed by atoms with Crippen molar-refractivity contribution in [2.24, 2.45) is 28.6 Å². The maximum atomic E-state index is 12.4. The van der Waals surface area contributed by atoms with E-state index in [1.807, 2.05) is 5.57 Å². The zero-order chi connectivity index (χ0) is 25.3. The lowest BCUT2D eigenvalue weighted by Crippen LogP contribution is -2.60. The second-order valence-corrected chi connectivity index (χ2v) is 15.2. The first-order chi connectivity index (χ1) is 17.1. The molecule has 202 valence electrons. The van der Waals surface area contributed by atoms with Crippen LogP contribution in [0, 0.1) is 28.6 Å². The van der Waals surface area contributed by atoms with Gasteiger partial charge in [0.2, 0.25) is 0 Å². The van der Waals surface area contributed by atoms with Crippen LogP contribution in [0.25, 0.3) is 0 Å². The van der Waals surface area contributed by atoms with Crippen molar-refractivity contribution in [1.29, 1.82) is 0 Å². The van der Waals surface area contributed by atoms with Crippen molar-refractivity contribution in [3.8, 4) is 0 Å². The third-order valence-corrected chi connectivity index (χ3v) is 13.4. The van der Waals surface area contributed by atoms with Crippen molar-refractivity contribution in [2.45, 2.75) is 116 Å². The smallest absolute Gasteiger partial charge is 0.303 e. The van der Waals surface area contributed by atoms with Crippen molar-refractivity contribution in [1.82, 2.24) is 0 Å². The van der Waals surface area contributed by atoms with Gasteiger partial charge in [-0.15, -0.1) is 0 Å². The van der Waals surface area contributed by atoms with Crippen molar-refractivity contribution in [3.63, 3.8) is 0 Å². The molecule has 4 aliphatic carbocycles. The molecule has 36 heavy (non-hydrogen) atoms. The molecule has 4 nitrogen and oxygen atoms in total. The number of rotatable bonds is 3. The molecule has 6 rings (SSSR count). The second kappa shape index (κ2) is 8.83. The molecule has 2 saturated heterocycles. The van der Waals surface area contributed by atoms with Crippen LogP contribution in [-0.4, -0.2) is 73.4 Å². The highest BCUT2D eigenvalue weighted by molar-refractivity contribution is 5.66. The standard InChI is InChI=1S/C32H54N2O2/c1-23(35)36-30-29(34(5)19-7-6-8-20-34)22-28-26-12-11-24-21-25(33(4)17-9-10-18-33)13-15-31(24,2)27(26)14-16-32(28,30)3/h11,25-30H,6-10,12-22H2,1-5H3/q+2/t25-,26?,27?,28?,29-,30-,31-,32-/m0/s1. The normalized spacial score (nSPS) is 47.3. The number of hydrogen-bond acceptors (Lipinski definition) is 2. The summed E-state index contributed by atoms with van der Waals surface area (Å²) < 4.78 is 8.81. The van der Waals surface area contributed by atoms with Crippen LogP contribution in [0.15, 0.2) is 11.6 Å². The molecule has 2 heterocycles. The number of quaternary nitrogens is 2. The van der Waals surface area contributed by atoms with Crippen LogP contribution in [0.1, 0.15) is 97.8 Å². The van der Waals surface area contributed by atoms with Gasteiger partial charge in [0.1, 0.15) is 6.04 Å². The number of esters is 1. The lowest BCUT2D eigenvalue weighted by Gasteiger charge is -2.58. The molecule has 0 aromatic carbocycles. The number of carbonyl (C=O) groups is 1. The average Bonchev–Trinajstić information content (AvgIpc) is 3.41. The molecule has 5 fully saturated rings. The van der Waals surface area contributed by atoms with Crippen LogP contribution in [0.3, 0.4) is 0 Å². The molecule has 0 aromatic rings. The molecule has 0 amide bonds. The van der Waals surface area contributed by atoms with Crippen LogP contribution >= 0.6 is 0 Å². The number of allylic oxidation sites excluding steroid dienone is 1. The van der Waals surface area contributed by atoms with Crippen LogP contribution in [0.2, 0.25) is 0 Å². The number of likely N-dealkylation sites (N-methyl/N-ethyl adjacent to an activating group) is 1. The van der Waals surface area contributed by atoms with Crippen LogP contribution in [-0.2, 0) is 9.53 Å². The number of ether oxygens (including phenoxy) is 1. The molecule has 3 unspecified atom stereocenters. The van der Waals surface area contributed by atoms with Crippen molar-refractivity contribution < 1.29 is 18.5 Å². The molecule has 3 saturated carbocycles. The Hall–Kier alpha value is -0.870. The highest BCUT2D eigenvalue weighted by Crippen LogP contribution is 2.66. The summed E-state index contributed by atoms with van der Waals surface area (Å²) in [5.41, 5.74) is 2.37. The van der Waals surface area contributed by atoms with Gasteiger partial charge in [0.15, 0.2) is 6.10 Å². The van der Waals surface area contributed by atoms with Gasteiger partial charge in [0.25, 0.3) is 0 Å². The summed E-state index contributed by atoms with van der Waals surface area (Å²) in [4.78, 5) is 12.4. The number of piperidine rings is 1. The van der Waals surface area contributed by atoms with Gasteiger partial charge in [0.05, 0.1) is 46.3 Å². The molecule has 6 aliphatic rings. The van der Waals surface area contributed by atoms with Gasteiger partial charge in [-0.25, -0.2) is 0 Å². The number of likely N-dealkylation sites (tertiary alicyclic amines) is 2. The van der Waals surface area contributed by atoms with Crippen molar-refractivity contribution >= 4 is 5.97 Å². The largest absolute Gasteiger partial charge is 0.456 e. The van der Waals surface area contributed by atoms with Gasteiger partial charge < -0.3 is 13.7 Å². The summed E-state index contributed by atoms with van der Waals surface area (Å²) in [7, 11) is 5.04. The Bertz CT molecular complexity index is 900. The maximum absolute atomic E-state index is 12.4. The molecule has 4 heteroatoms. The van der Waals surface area contributed by atoms with E-state index in [9.17, 15) is 4.79 Å². The minimum atomic E-state index is -0.0627. The van der Waals surface area contributed by atoms with E-state index in [1.54, 1.807) is 6.92 Å². The maximum Gasteiger partial charge on any atom is 0.303 e. The first-order valence-corrected chi connectivity index (χ1v) is 15.6. The molecular formula is C32H54N2O2+2. The average molecular weight is 499 g/mol. The van der Waals surface area contributed by atoms with Crippen LogP contribution in [0.4, 0.5) is 0 Å². The van der Waals surface area contributed by atoms with Crippen LogP contribution in [0.5, 0.6) is 0 Å². The van der Waals surface area contributed by atoms with E-state index in [1.165, 1.54) is 108 Å². The summed E-state index contributed by atoms with van der Waals surface area (Å²) in [6.07, 6.45) is 19.0. The second-order valence-electron chi connectivity index (χ2n) is 15.2. The van der Waals surface area contributed by atoms with Gasteiger partial charge in [-0.3, -0.25) is 4.79 Å². The molecular weight excluding hydrogens is 444 g/mol. The summed E-state index contributed by atoms with van der Waals surface area (Å²) in [5, 5.41) is 0. The molecule has 0 bridgehead atoms. The fourth-order valence-corrected chi connectivity index (χ4v) is 11.1. The predicted octanol–water partition coefficient (Wildman–Crippen LogP) is 6.10. The van der Waals surface area contributed by atoms with Gasteiger partial charge in [0, 0.05) is 44.4 Å². The van der Waals surface area contributed by atoms with Crippen LogP contribution < -0.4 is 0 Å². The molecule has 0 radical (unpaired) electrons. The minimum Gasteiger partial charge on any atom is -0.456 e. The van der Waals surface area contributed by atoms with Crippen molar-refractivity contribution in [2.75, 3.05) is 40.3 Å². The summed E-state index contributed by atoms with van der Waals surface area (Å²) >= 11 is 0.